The molecule has 2 aromatic rings. The van der Waals surface area contributed by atoms with E-state index in [1.54, 1.807) is 55.5 Å². The SMILES string of the molecule is CC(NC(=O)C1CCCN1S(=O)(=O)c1ccccc1)c1ccc(Cl)cc1Cl. The van der Waals surface area contributed by atoms with E-state index in [9.17, 15) is 13.2 Å². The standard InChI is InChI=1S/C19H20Cl2N2O3S/c1-13(16-10-9-14(20)12-17(16)21)22-19(24)18-8-5-11-23(18)27(25,26)15-6-3-2-4-7-15/h2-4,6-7,9-10,12-13,18H,5,8,11H2,1H3,(H,22,24). The Morgan fingerprint density at radius 2 is 1.89 bits per heavy atom. The predicted octanol–water partition coefficient (Wildman–Crippen LogP) is 4.02. The summed E-state index contributed by atoms with van der Waals surface area (Å²) in [6, 6.07) is 12.1. The fourth-order valence-electron chi connectivity index (χ4n) is 3.26. The van der Waals surface area contributed by atoms with E-state index in [0.29, 0.717) is 29.4 Å². The zero-order chi connectivity index (χ0) is 19.6. The second kappa shape index (κ2) is 8.19. The number of nitrogens with zero attached hydrogens (tertiary/aromatic N) is 1. The molecular formula is C19H20Cl2N2O3S. The first-order valence-electron chi connectivity index (χ1n) is 8.63. The van der Waals surface area contributed by atoms with E-state index < -0.39 is 16.1 Å². The van der Waals surface area contributed by atoms with Crippen LogP contribution in [0.5, 0.6) is 0 Å². The molecule has 1 aliphatic rings. The van der Waals surface area contributed by atoms with Crippen LogP contribution in [0, 0.1) is 0 Å². The van der Waals surface area contributed by atoms with Crippen LogP contribution < -0.4 is 5.32 Å². The van der Waals surface area contributed by atoms with Gasteiger partial charge in [-0.2, -0.15) is 4.31 Å². The molecular weight excluding hydrogens is 407 g/mol. The van der Waals surface area contributed by atoms with Crippen molar-refractivity contribution < 1.29 is 13.2 Å². The first kappa shape index (κ1) is 20.1. The molecule has 0 aliphatic carbocycles. The third kappa shape index (κ3) is 4.29. The van der Waals surface area contributed by atoms with Crippen molar-refractivity contribution >= 4 is 39.1 Å². The third-order valence-electron chi connectivity index (χ3n) is 4.64. The molecule has 144 valence electrons. The number of carbonyl (C=O) groups excluding carboxylic acids is 1. The molecule has 1 fully saturated rings. The Morgan fingerprint density at radius 3 is 2.56 bits per heavy atom. The smallest absolute Gasteiger partial charge is 0.243 e. The van der Waals surface area contributed by atoms with Gasteiger partial charge in [-0.3, -0.25) is 4.79 Å². The Kier molecular flexibility index (Phi) is 6.11. The largest absolute Gasteiger partial charge is 0.348 e. The van der Waals surface area contributed by atoms with Gasteiger partial charge in [-0.1, -0.05) is 47.5 Å². The van der Waals surface area contributed by atoms with E-state index in [0.717, 1.165) is 5.56 Å². The molecule has 1 N–H and O–H groups in total. The van der Waals surface area contributed by atoms with E-state index in [1.165, 1.54) is 4.31 Å². The topological polar surface area (TPSA) is 66.5 Å². The number of rotatable bonds is 5. The van der Waals surface area contributed by atoms with Crippen molar-refractivity contribution in [2.24, 2.45) is 0 Å². The van der Waals surface area contributed by atoms with Crippen LogP contribution in [0.4, 0.5) is 0 Å². The van der Waals surface area contributed by atoms with Crippen molar-refractivity contribution in [1.82, 2.24) is 9.62 Å². The zero-order valence-electron chi connectivity index (χ0n) is 14.7. The van der Waals surface area contributed by atoms with Gasteiger partial charge < -0.3 is 5.32 Å². The molecule has 1 heterocycles. The summed E-state index contributed by atoms with van der Waals surface area (Å²) in [6.45, 7) is 2.13. The van der Waals surface area contributed by atoms with Crippen LogP contribution in [-0.2, 0) is 14.8 Å². The average molecular weight is 427 g/mol. The van der Waals surface area contributed by atoms with Gasteiger partial charge in [0.1, 0.15) is 6.04 Å². The number of nitrogens with one attached hydrogen (secondary N) is 1. The van der Waals surface area contributed by atoms with Crippen LogP contribution >= 0.6 is 23.2 Å². The molecule has 2 aromatic carbocycles. The number of sulfonamides is 1. The minimum atomic E-state index is -3.72. The summed E-state index contributed by atoms with van der Waals surface area (Å²) in [5, 5.41) is 3.85. The van der Waals surface area contributed by atoms with Gasteiger partial charge in [-0.25, -0.2) is 8.42 Å². The summed E-state index contributed by atoms with van der Waals surface area (Å²) in [5.41, 5.74) is 0.727. The van der Waals surface area contributed by atoms with E-state index in [2.05, 4.69) is 5.32 Å². The van der Waals surface area contributed by atoms with Gasteiger partial charge in [-0.05, 0) is 49.6 Å². The maximum Gasteiger partial charge on any atom is 0.243 e. The molecule has 0 saturated carbocycles. The molecule has 0 radical (unpaired) electrons. The number of hydrogen-bond acceptors (Lipinski definition) is 3. The van der Waals surface area contributed by atoms with Crippen LogP contribution in [0.15, 0.2) is 53.4 Å². The number of halogens is 2. The van der Waals surface area contributed by atoms with Gasteiger partial charge in [0.2, 0.25) is 15.9 Å². The van der Waals surface area contributed by atoms with Crippen molar-refractivity contribution in [3.63, 3.8) is 0 Å². The molecule has 0 aromatic heterocycles. The number of hydrogen-bond donors (Lipinski definition) is 1. The number of amides is 1. The Bertz CT molecular complexity index is 935. The maximum atomic E-state index is 12.9. The molecule has 2 atom stereocenters. The van der Waals surface area contributed by atoms with E-state index >= 15 is 0 Å². The van der Waals surface area contributed by atoms with Crippen LogP contribution in [0.3, 0.4) is 0 Å². The minimum absolute atomic E-state index is 0.193. The van der Waals surface area contributed by atoms with Crippen molar-refractivity contribution in [3.05, 3.63) is 64.1 Å². The first-order valence-corrected chi connectivity index (χ1v) is 10.8. The highest BCUT2D eigenvalue weighted by Crippen LogP contribution is 2.29. The van der Waals surface area contributed by atoms with Gasteiger partial charge in [0.25, 0.3) is 0 Å². The lowest BCUT2D eigenvalue weighted by Crippen LogP contribution is -2.46. The van der Waals surface area contributed by atoms with Crippen molar-refractivity contribution in [3.8, 4) is 0 Å². The lowest BCUT2D eigenvalue weighted by molar-refractivity contribution is -0.124. The highest BCUT2D eigenvalue weighted by atomic mass is 35.5. The van der Waals surface area contributed by atoms with Crippen molar-refractivity contribution in [2.45, 2.75) is 36.7 Å². The normalized spacial score (nSPS) is 19.0. The van der Waals surface area contributed by atoms with Gasteiger partial charge in [-0.15, -0.1) is 0 Å². The van der Waals surface area contributed by atoms with Crippen molar-refractivity contribution in [2.75, 3.05) is 6.54 Å². The van der Waals surface area contributed by atoms with Crippen LogP contribution in [0.1, 0.15) is 31.4 Å². The van der Waals surface area contributed by atoms with Crippen LogP contribution in [0.25, 0.3) is 0 Å². The lowest BCUT2D eigenvalue weighted by atomic mass is 10.1. The molecule has 1 saturated heterocycles. The highest BCUT2D eigenvalue weighted by Gasteiger charge is 2.39. The molecule has 8 heteroatoms. The van der Waals surface area contributed by atoms with Gasteiger partial charge in [0.15, 0.2) is 0 Å². The second-order valence-corrected chi connectivity index (χ2v) is 9.22. The summed E-state index contributed by atoms with van der Waals surface area (Å²) < 4.78 is 27.1. The Balaban J connectivity index is 1.78. The quantitative estimate of drug-likeness (QED) is 0.784. The highest BCUT2D eigenvalue weighted by molar-refractivity contribution is 7.89. The number of carbonyl (C=O) groups is 1. The Morgan fingerprint density at radius 1 is 1.19 bits per heavy atom. The van der Waals surface area contributed by atoms with E-state index in [4.69, 9.17) is 23.2 Å². The third-order valence-corrected chi connectivity index (χ3v) is 7.13. The van der Waals surface area contributed by atoms with Crippen LogP contribution in [0.2, 0.25) is 10.0 Å². The van der Waals surface area contributed by atoms with Gasteiger partial charge in [0, 0.05) is 16.6 Å². The Hall–Kier alpha value is -1.60. The van der Waals surface area contributed by atoms with E-state index in [1.807, 2.05) is 0 Å². The predicted molar refractivity (Wildman–Crippen MR) is 106 cm³/mol. The summed E-state index contributed by atoms with van der Waals surface area (Å²) in [6.07, 6.45) is 1.12. The summed E-state index contributed by atoms with van der Waals surface area (Å²) >= 11 is 12.1. The Labute approximate surface area is 169 Å². The van der Waals surface area contributed by atoms with E-state index in [-0.39, 0.29) is 16.8 Å². The first-order chi connectivity index (χ1) is 12.8. The molecule has 27 heavy (non-hydrogen) atoms. The lowest BCUT2D eigenvalue weighted by Gasteiger charge is -2.25. The van der Waals surface area contributed by atoms with Gasteiger partial charge >= 0.3 is 0 Å². The maximum absolute atomic E-state index is 12.9. The molecule has 2 unspecified atom stereocenters. The van der Waals surface area contributed by atoms with Crippen molar-refractivity contribution in [1.29, 1.82) is 0 Å². The molecule has 0 bridgehead atoms. The molecule has 3 rings (SSSR count). The minimum Gasteiger partial charge on any atom is -0.348 e. The molecule has 5 nitrogen and oxygen atoms in total. The summed E-state index contributed by atoms with van der Waals surface area (Å²) in [7, 11) is -3.72. The summed E-state index contributed by atoms with van der Waals surface area (Å²) in [4.78, 5) is 13.0. The molecule has 1 aliphatic heterocycles. The zero-order valence-corrected chi connectivity index (χ0v) is 17.1. The summed E-state index contributed by atoms with van der Waals surface area (Å²) in [5.74, 6) is -0.328. The fourth-order valence-corrected chi connectivity index (χ4v) is 5.51. The van der Waals surface area contributed by atoms with Crippen LogP contribution in [-0.4, -0.2) is 31.2 Å². The average Bonchev–Trinajstić information content (AvgIpc) is 3.13. The number of benzene rings is 2. The second-order valence-electron chi connectivity index (χ2n) is 6.48. The molecule has 0 spiro atoms. The monoisotopic (exact) mass is 426 g/mol. The molecule has 1 amide bonds. The van der Waals surface area contributed by atoms with Gasteiger partial charge in [0.05, 0.1) is 10.9 Å². The fraction of sp³-hybridized carbons (Fsp3) is 0.316.